The number of hydrogen-bond acceptors (Lipinski definition) is 6. The Balaban J connectivity index is 1.19. The molecule has 0 atom stereocenters. The van der Waals surface area contributed by atoms with E-state index in [-0.39, 0.29) is 0 Å². The standard InChI is InChI=1S/C29H28ClN5OS/c1-34-11-13-35(14-12-34)23-8-9-24-25(17-23)33-29(32-24)26-19-37-28(31-26)16-21-15-22(30)7-10-27(21)36-18-20-5-3-2-4-6-20/h2-10,15,17,19H,11-14,16,18H2,1H3,(H,32,33). The first-order chi connectivity index (χ1) is 18.1. The van der Waals surface area contributed by atoms with Gasteiger partial charge in [0.15, 0.2) is 5.82 Å². The first-order valence-corrected chi connectivity index (χ1v) is 13.7. The van der Waals surface area contributed by atoms with E-state index >= 15 is 0 Å². The largest absolute Gasteiger partial charge is 0.489 e. The summed E-state index contributed by atoms with van der Waals surface area (Å²) < 4.78 is 6.14. The number of aromatic nitrogens is 3. The molecule has 0 spiro atoms. The monoisotopic (exact) mass is 529 g/mol. The number of H-pyrrole nitrogens is 1. The van der Waals surface area contributed by atoms with Crippen LogP contribution in [0.4, 0.5) is 5.69 Å². The van der Waals surface area contributed by atoms with Crippen molar-refractivity contribution in [2.24, 2.45) is 0 Å². The van der Waals surface area contributed by atoms with Crippen LogP contribution in [0.25, 0.3) is 22.6 Å². The second kappa shape index (κ2) is 10.5. The SMILES string of the molecule is CN1CCN(c2ccc3nc(-c4csc(Cc5cc(Cl)ccc5OCc5ccccc5)n4)[nH]c3c2)CC1. The highest BCUT2D eigenvalue weighted by Crippen LogP contribution is 2.30. The summed E-state index contributed by atoms with van der Waals surface area (Å²) in [6, 6.07) is 22.4. The molecule has 1 fully saturated rings. The van der Waals surface area contributed by atoms with Gasteiger partial charge in [0, 0.05) is 54.3 Å². The van der Waals surface area contributed by atoms with E-state index in [9.17, 15) is 0 Å². The molecule has 1 aliphatic heterocycles. The van der Waals surface area contributed by atoms with Crippen molar-refractivity contribution in [3.05, 3.63) is 93.3 Å². The van der Waals surface area contributed by atoms with Crippen molar-refractivity contribution in [1.29, 1.82) is 0 Å². The van der Waals surface area contributed by atoms with Crippen LogP contribution in [0.1, 0.15) is 16.1 Å². The summed E-state index contributed by atoms with van der Waals surface area (Å²) in [7, 11) is 2.18. The van der Waals surface area contributed by atoms with Crippen molar-refractivity contribution in [3.8, 4) is 17.3 Å². The van der Waals surface area contributed by atoms with Gasteiger partial charge in [0.25, 0.3) is 0 Å². The smallest absolute Gasteiger partial charge is 0.158 e. The molecule has 3 aromatic carbocycles. The molecule has 0 radical (unpaired) electrons. The fourth-order valence-corrected chi connectivity index (χ4v) is 5.60. The number of aromatic amines is 1. The van der Waals surface area contributed by atoms with Gasteiger partial charge in [-0.2, -0.15) is 0 Å². The number of anilines is 1. The molecule has 3 heterocycles. The lowest BCUT2D eigenvalue weighted by molar-refractivity contribution is 0.303. The Hall–Kier alpha value is -3.39. The van der Waals surface area contributed by atoms with Crippen molar-refractivity contribution in [1.82, 2.24) is 19.9 Å². The van der Waals surface area contributed by atoms with Crippen LogP contribution < -0.4 is 9.64 Å². The van der Waals surface area contributed by atoms with Crippen molar-refractivity contribution >= 4 is 39.7 Å². The maximum absolute atomic E-state index is 6.33. The van der Waals surface area contributed by atoms with E-state index in [2.05, 4.69) is 57.5 Å². The summed E-state index contributed by atoms with van der Waals surface area (Å²) in [5, 5.41) is 3.73. The molecule has 0 amide bonds. The number of thiazole rings is 1. The molecular weight excluding hydrogens is 502 g/mol. The van der Waals surface area contributed by atoms with Gasteiger partial charge >= 0.3 is 0 Å². The number of imidazole rings is 1. The van der Waals surface area contributed by atoms with Crippen molar-refractivity contribution < 1.29 is 4.74 Å². The number of fused-ring (bicyclic) bond motifs is 1. The first kappa shape index (κ1) is 24.0. The van der Waals surface area contributed by atoms with Gasteiger partial charge in [-0.25, -0.2) is 9.97 Å². The third-order valence-electron chi connectivity index (χ3n) is 6.73. The number of hydrogen-bond donors (Lipinski definition) is 1. The number of halogens is 1. The van der Waals surface area contributed by atoms with E-state index in [0.29, 0.717) is 18.1 Å². The second-order valence-electron chi connectivity index (χ2n) is 9.41. The van der Waals surface area contributed by atoms with Crippen LogP contribution in [0.15, 0.2) is 72.1 Å². The highest BCUT2D eigenvalue weighted by Gasteiger charge is 2.17. The highest BCUT2D eigenvalue weighted by molar-refractivity contribution is 7.10. The normalized spacial score (nSPS) is 14.4. The Morgan fingerprint density at radius 3 is 2.65 bits per heavy atom. The van der Waals surface area contributed by atoms with Gasteiger partial charge in [0.05, 0.1) is 16.0 Å². The Bertz CT molecular complexity index is 1510. The number of benzene rings is 3. The molecule has 1 saturated heterocycles. The third kappa shape index (κ3) is 5.49. The predicted molar refractivity (Wildman–Crippen MR) is 152 cm³/mol. The van der Waals surface area contributed by atoms with E-state index < -0.39 is 0 Å². The Morgan fingerprint density at radius 2 is 1.81 bits per heavy atom. The zero-order valence-corrected chi connectivity index (χ0v) is 22.2. The number of rotatable bonds is 7. The van der Waals surface area contributed by atoms with Gasteiger partial charge in [-0.15, -0.1) is 11.3 Å². The Kier molecular flexibility index (Phi) is 6.83. The topological polar surface area (TPSA) is 57.3 Å². The highest BCUT2D eigenvalue weighted by atomic mass is 35.5. The molecule has 0 bridgehead atoms. The number of piperazine rings is 1. The molecule has 0 aliphatic carbocycles. The summed E-state index contributed by atoms with van der Waals surface area (Å²) >= 11 is 7.95. The Labute approximate surface area is 225 Å². The fourth-order valence-electron chi connectivity index (χ4n) is 4.61. The van der Waals surface area contributed by atoms with Gasteiger partial charge < -0.3 is 19.5 Å². The molecule has 1 N–H and O–H groups in total. The fraction of sp³-hybridized carbons (Fsp3) is 0.241. The number of nitrogens with one attached hydrogen (secondary N) is 1. The molecule has 0 unspecified atom stereocenters. The average molecular weight is 530 g/mol. The lowest BCUT2D eigenvalue weighted by atomic mass is 10.1. The number of ether oxygens (including phenoxy) is 1. The molecule has 37 heavy (non-hydrogen) atoms. The van der Waals surface area contributed by atoms with E-state index in [0.717, 1.165) is 70.6 Å². The zero-order valence-electron chi connectivity index (χ0n) is 20.7. The molecule has 0 saturated carbocycles. The van der Waals surface area contributed by atoms with Crippen LogP contribution in [-0.2, 0) is 13.0 Å². The van der Waals surface area contributed by atoms with Gasteiger partial charge in [-0.3, -0.25) is 0 Å². The van der Waals surface area contributed by atoms with Crippen molar-refractivity contribution in [2.75, 3.05) is 38.1 Å². The lowest BCUT2D eigenvalue weighted by Crippen LogP contribution is -2.44. The molecule has 1 aliphatic rings. The minimum absolute atomic E-state index is 0.508. The van der Waals surface area contributed by atoms with Gasteiger partial charge in [-0.1, -0.05) is 41.9 Å². The zero-order chi connectivity index (χ0) is 25.2. The summed E-state index contributed by atoms with van der Waals surface area (Å²) in [6.07, 6.45) is 0.642. The summed E-state index contributed by atoms with van der Waals surface area (Å²) in [5.41, 5.74) is 6.22. The van der Waals surface area contributed by atoms with Crippen LogP contribution in [0.3, 0.4) is 0 Å². The molecule has 2 aromatic heterocycles. The minimum atomic E-state index is 0.508. The van der Waals surface area contributed by atoms with Crippen LogP contribution in [0.2, 0.25) is 5.02 Å². The van der Waals surface area contributed by atoms with Crippen molar-refractivity contribution in [3.63, 3.8) is 0 Å². The van der Waals surface area contributed by atoms with Gasteiger partial charge in [0.1, 0.15) is 18.1 Å². The van der Waals surface area contributed by atoms with Crippen LogP contribution in [0, 0.1) is 0 Å². The average Bonchev–Trinajstić information content (AvgIpc) is 3.56. The van der Waals surface area contributed by atoms with Crippen LogP contribution in [-0.4, -0.2) is 53.1 Å². The maximum Gasteiger partial charge on any atom is 0.158 e. The van der Waals surface area contributed by atoms with Crippen LogP contribution in [0.5, 0.6) is 5.75 Å². The molecule has 8 heteroatoms. The Morgan fingerprint density at radius 1 is 0.973 bits per heavy atom. The molecular formula is C29H28ClN5OS. The molecule has 6 nitrogen and oxygen atoms in total. The second-order valence-corrected chi connectivity index (χ2v) is 10.8. The summed E-state index contributed by atoms with van der Waals surface area (Å²) in [6.45, 7) is 4.75. The number of nitrogens with zero attached hydrogens (tertiary/aromatic N) is 4. The van der Waals surface area contributed by atoms with E-state index in [4.69, 9.17) is 26.3 Å². The quantitative estimate of drug-likeness (QED) is 0.269. The van der Waals surface area contributed by atoms with Gasteiger partial charge in [0.2, 0.25) is 0 Å². The lowest BCUT2D eigenvalue weighted by Gasteiger charge is -2.34. The van der Waals surface area contributed by atoms with Gasteiger partial charge in [-0.05, 0) is 49.0 Å². The molecule has 6 rings (SSSR count). The minimum Gasteiger partial charge on any atom is -0.489 e. The van der Waals surface area contributed by atoms with E-state index in [1.165, 1.54) is 5.69 Å². The predicted octanol–water partition coefficient (Wildman–Crippen LogP) is 6.26. The molecule has 188 valence electrons. The van der Waals surface area contributed by atoms with E-state index in [1.807, 2.05) is 36.4 Å². The van der Waals surface area contributed by atoms with E-state index in [1.54, 1.807) is 11.3 Å². The summed E-state index contributed by atoms with van der Waals surface area (Å²) in [5.74, 6) is 1.62. The van der Waals surface area contributed by atoms with Crippen molar-refractivity contribution in [2.45, 2.75) is 13.0 Å². The summed E-state index contributed by atoms with van der Waals surface area (Å²) in [4.78, 5) is 18.0. The third-order valence-corrected chi connectivity index (χ3v) is 7.81. The maximum atomic E-state index is 6.33. The first-order valence-electron chi connectivity index (χ1n) is 12.4. The number of likely N-dealkylation sites (N-methyl/N-ethyl adjacent to an activating group) is 1. The molecule has 5 aromatic rings. The van der Waals surface area contributed by atoms with Crippen LogP contribution >= 0.6 is 22.9 Å².